The Labute approximate surface area is 94.0 Å². The van der Waals surface area contributed by atoms with Crippen molar-refractivity contribution in [3.63, 3.8) is 0 Å². The van der Waals surface area contributed by atoms with Gasteiger partial charge < -0.3 is 10.6 Å². The van der Waals surface area contributed by atoms with Gasteiger partial charge in [-0.1, -0.05) is 27.7 Å². The highest BCUT2D eigenvalue weighted by Crippen LogP contribution is 2.02. The zero-order valence-electron chi connectivity index (χ0n) is 10.8. The van der Waals surface area contributed by atoms with Crippen molar-refractivity contribution in [2.75, 3.05) is 13.1 Å². The molecule has 2 N–H and O–H groups in total. The van der Waals surface area contributed by atoms with E-state index in [1.807, 2.05) is 0 Å². The Morgan fingerprint density at radius 2 is 1.67 bits per heavy atom. The van der Waals surface area contributed by atoms with E-state index in [1.54, 1.807) is 0 Å². The van der Waals surface area contributed by atoms with E-state index in [2.05, 4.69) is 45.3 Å². The molecule has 0 spiro atoms. The molecule has 0 heterocycles. The molecule has 0 aliphatic rings. The first-order chi connectivity index (χ1) is 6.91. The van der Waals surface area contributed by atoms with Crippen LogP contribution in [0.25, 0.3) is 0 Å². The van der Waals surface area contributed by atoms with Gasteiger partial charge in [0, 0.05) is 12.6 Å². The first kappa shape index (κ1) is 14.4. The van der Waals surface area contributed by atoms with Crippen LogP contribution >= 0.6 is 0 Å². The summed E-state index contributed by atoms with van der Waals surface area (Å²) < 4.78 is 0. The Bertz CT molecular complexity index is 178. The Morgan fingerprint density at radius 3 is 2.13 bits per heavy atom. The maximum Gasteiger partial charge on any atom is 0.233 e. The van der Waals surface area contributed by atoms with Crippen molar-refractivity contribution in [1.82, 2.24) is 10.6 Å². The van der Waals surface area contributed by atoms with E-state index in [0.717, 1.165) is 13.0 Å². The van der Waals surface area contributed by atoms with Gasteiger partial charge in [0.05, 0.1) is 6.54 Å². The van der Waals surface area contributed by atoms with E-state index in [1.165, 1.54) is 0 Å². The predicted molar refractivity (Wildman–Crippen MR) is 64.8 cm³/mol. The van der Waals surface area contributed by atoms with Gasteiger partial charge in [0.15, 0.2) is 0 Å². The molecule has 1 unspecified atom stereocenters. The topological polar surface area (TPSA) is 41.1 Å². The number of amides is 1. The first-order valence-corrected chi connectivity index (χ1v) is 5.91. The highest BCUT2D eigenvalue weighted by atomic mass is 16.1. The smallest absolute Gasteiger partial charge is 0.233 e. The third kappa shape index (κ3) is 9.73. The monoisotopic (exact) mass is 214 g/mol. The van der Waals surface area contributed by atoms with Crippen molar-refractivity contribution in [3.8, 4) is 0 Å². The molecule has 0 fully saturated rings. The molecule has 0 aromatic heterocycles. The average molecular weight is 214 g/mol. The summed E-state index contributed by atoms with van der Waals surface area (Å²) in [4.78, 5) is 11.4. The summed E-state index contributed by atoms with van der Waals surface area (Å²) in [7, 11) is 0. The van der Waals surface area contributed by atoms with Crippen LogP contribution in [0, 0.1) is 11.8 Å². The largest absolute Gasteiger partial charge is 0.355 e. The predicted octanol–water partition coefficient (Wildman–Crippen LogP) is 1.78. The summed E-state index contributed by atoms with van der Waals surface area (Å²) in [6, 6.07) is 0.412. The van der Waals surface area contributed by atoms with Crippen molar-refractivity contribution in [3.05, 3.63) is 0 Å². The molecule has 0 aliphatic heterocycles. The minimum Gasteiger partial charge on any atom is -0.355 e. The summed E-state index contributed by atoms with van der Waals surface area (Å²) in [5.41, 5.74) is 0. The zero-order valence-corrected chi connectivity index (χ0v) is 10.8. The summed E-state index contributed by atoms with van der Waals surface area (Å²) in [5.74, 6) is 1.28. The van der Waals surface area contributed by atoms with Crippen LogP contribution < -0.4 is 10.6 Å². The van der Waals surface area contributed by atoms with Crippen LogP contribution in [0.15, 0.2) is 0 Å². The molecule has 0 saturated carbocycles. The zero-order chi connectivity index (χ0) is 11.8. The Kier molecular flexibility index (Phi) is 7.39. The summed E-state index contributed by atoms with van der Waals surface area (Å²) >= 11 is 0. The van der Waals surface area contributed by atoms with Crippen LogP contribution in [0.5, 0.6) is 0 Å². The van der Waals surface area contributed by atoms with Crippen molar-refractivity contribution in [2.45, 2.75) is 47.1 Å². The van der Waals surface area contributed by atoms with Crippen LogP contribution in [-0.2, 0) is 4.79 Å². The summed E-state index contributed by atoms with van der Waals surface area (Å²) in [6.45, 7) is 11.9. The first-order valence-electron chi connectivity index (χ1n) is 5.91. The molecule has 1 atom stereocenters. The van der Waals surface area contributed by atoms with E-state index in [4.69, 9.17) is 0 Å². The van der Waals surface area contributed by atoms with Crippen LogP contribution in [0.3, 0.4) is 0 Å². The van der Waals surface area contributed by atoms with Gasteiger partial charge >= 0.3 is 0 Å². The second kappa shape index (κ2) is 7.69. The molecule has 0 radical (unpaired) electrons. The fraction of sp³-hybridized carbons (Fsp3) is 0.917. The maximum atomic E-state index is 11.4. The number of rotatable bonds is 7. The Hall–Kier alpha value is -0.570. The van der Waals surface area contributed by atoms with Crippen LogP contribution in [0.2, 0.25) is 0 Å². The van der Waals surface area contributed by atoms with Gasteiger partial charge in [-0.25, -0.2) is 0 Å². The van der Waals surface area contributed by atoms with E-state index in [0.29, 0.717) is 24.4 Å². The second-order valence-corrected chi connectivity index (χ2v) is 5.11. The maximum absolute atomic E-state index is 11.4. The molecular formula is C12H26N2O. The highest BCUT2D eigenvalue weighted by Gasteiger charge is 2.07. The molecule has 90 valence electrons. The molecule has 0 aliphatic carbocycles. The Balaban J connectivity index is 3.53. The SMILES string of the molecule is CC(C)CNC(=O)CNC(C)CC(C)C. The van der Waals surface area contributed by atoms with E-state index >= 15 is 0 Å². The summed E-state index contributed by atoms with van der Waals surface area (Å²) in [6.07, 6.45) is 1.11. The van der Waals surface area contributed by atoms with E-state index < -0.39 is 0 Å². The van der Waals surface area contributed by atoms with Crippen molar-refractivity contribution in [2.24, 2.45) is 11.8 Å². The minimum absolute atomic E-state index is 0.0966. The third-order valence-corrected chi connectivity index (χ3v) is 2.14. The molecule has 0 aromatic rings. The van der Waals surface area contributed by atoms with Gasteiger partial charge in [-0.15, -0.1) is 0 Å². The van der Waals surface area contributed by atoms with E-state index in [9.17, 15) is 4.79 Å². The number of nitrogens with one attached hydrogen (secondary N) is 2. The number of carbonyl (C=O) groups excluding carboxylic acids is 1. The molecule has 3 heteroatoms. The fourth-order valence-corrected chi connectivity index (χ4v) is 1.44. The molecule has 0 aromatic carbocycles. The van der Waals surface area contributed by atoms with E-state index in [-0.39, 0.29) is 5.91 Å². The van der Waals surface area contributed by atoms with Crippen LogP contribution in [0.1, 0.15) is 41.0 Å². The average Bonchev–Trinajstić information content (AvgIpc) is 2.10. The van der Waals surface area contributed by atoms with Gasteiger partial charge in [-0.05, 0) is 25.2 Å². The van der Waals surface area contributed by atoms with Gasteiger partial charge in [-0.2, -0.15) is 0 Å². The van der Waals surface area contributed by atoms with Crippen molar-refractivity contribution >= 4 is 5.91 Å². The van der Waals surface area contributed by atoms with Gasteiger partial charge in [-0.3, -0.25) is 4.79 Å². The normalized spacial score (nSPS) is 13.3. The molecule has 0 rings (SSSR count). The minimum atomic E-state index is 0.0966. The fourth-order valence-electron chi connectivity index (χ4n) is 1.44. The second-order valence-electron chi connectivity index (χ2n) is 5.11. The third-order valence-electron chi connectivity index (χ3n) is 2.14. The lowest BCUT2D eigenvalue weighted by atomic mass is 10.1. The number of hydrogen-bond donors (Lipinski definition) is 2. The molecule has 3 nitrogen and oxygen atoms in total. The van der Waals surface area contributed by atoms with Crippen LogP contribution in [-0.4, -0.2) is 25.0 Å². The molecular weight excluding hydrogens is 188 g/mol. The van der Waals surface area contributed by atoms with Gasteiger partial charge in [0.2, 0.25) is 5.91 Å². The summed E-state index contributed by atoms with van der Waals surface area (Å²) in [5, 5.41) is 6.11. The number of carbonyl (C=O) groups is 1. The van der Waals surface area contributed by atoms with Crippen molar-refractivity contribution < 1.29 is 4.79 Å². The van der Waals surface area contributed by atoms with Gasteiger partial charge in [0.25, 0.3) is 0 Å². The lowest BCUT2D eigenvalue weighted by Gasteiger charge is -2.16. The molecule has 1 amide bonds. The lowest BCUT2D eigenvalue weighted by molar-refractivity contribution is -0.120. The standard InChI is InChI=1S/C12H26N2O/c1-9(2)6-11(5)13-8-12(15)14-7-10(3)4/h9-11,13H,6-8H2,1-5H3,(H,14,15). The molecule has 0 saturated heterocycles. The van der Waals surface area contributed by atoms with Crippen LogP contribution in [0.4, 0.5) is 0 Å². The molecule has 15 heavy (non-hydrogen) atoms. The van der Waals surface area contributed by atoms with Gasteiger partial charge in [0.1, 0.15) is 0 Å². The highest BCUT2D eigenvalue weighted by molar-refractivity contribution is 5.77. The quantitative estimate of drug-likeness (QED) is 0.678. The Morgan fingerprint density at radius 1 is 1.07 bits per heavy atom. The lowest BCUT2D eigenvalue weighted by Crippen LogP contribution is -2.39. The number of hydrogen-bond acceptors (Lipinski definition) is 2. The van der Waals surface area contributed by atoms with Crippen molar-refractivity contribution in [1.29, 1.82) is 0 Å². The molecule has 0 bridgehead atoms.